The van der Waals surface area contributed by atoms with E-state index in [1.165, 1.54) is 0 Å². The highest BCUT2D eigenvalue weighted by molar-refractivity contribution is 5.96. The van der Waals surface area contributed by atoms with Gasteiger partial charge < -0.3 is 15.7 Å². The Labute approximate surface area is 125 Å². The molecule has 3 N–H and O–H groups in total. The third-order valence-corrected chi connectivity index (χ3v) is 2.96. The van der Waals surface area contributed by atoms with Gasteiger partial charge >= 0.3 is 0 Å². The smallest absolute Gasteiger partial charge is 0.251 e. The van der Waals surface area contributed by atoms with Crippen LogP contribution in [0.5, 0.6) is 0 Å². The summed E-state index contributed by atoms with van der Waals surface area (Å²) in [4.78, 5) is 23.4. The van der Waals surface area contributed by atoms with Gasteiger partial charge in [-0.2, -0.15) is 0 Å². The number of hydrogen-bond acceptors (Lipinski definition) is 3. The number of benzene rings is 1. The van der Waals surface area contributed by atoms with E-state index < -0.39 is 5.60 Å². The number of nitrogens with one attached hydrogen (secondary N) is 2. The average molecular weight is 292 g/mol. The molecule has 0 saturated heterocycles. The molecule has 1 unspecified atom stereocenters. The maximum atomic E-state index is 11.8. The Kier molecular flexibility index (Phi) is 6.37. The fraction of sp³-hybridized carbons (Fsp3) is 0.500. The van der Waals surface area contributed by atoms with E-state index in [1.54, 1.807) is 31.2 Å². The first kappa shape index (κ1) is 17.2. The largest absolute Gasteiger partial charge is 0.388 e. The third-order valence-electron chi connectivity index (χ3n) is 2.96. The number of hydrogen-bond donors (Lipinski definition) is 3. The van der Waals surface area contributed by atoms with Crippen LogP contribution < -0.4 is 10.6 Å². The SMILES string of the molecule is CC(C)CC(C)(O)CNC(=O)CNC(=O)c1ccccc1. The number of amides is 2. The van der Waals surface area contributed by atoms with Crippen molar-refractivity contribution in [2.24, 2.45) is 5.92 Å². The van der Waals surface area contributed by atoms with Crippen LogP contribution in [0.15, 0.2) is 30.3 Å². The zero-order valence-electron chi connectivity index (χ0n) is 12.8. The van der Waals surface area contributed by atoms with Crippen LogP contribution in [-0.4, -0.2) is 35.6 Å². The summed E-state index contributed by atoms with van der Waals surface area (Å²) in [6.07, 6.45) is 0.601. The van der Waals surface area contributed by atoms with Gasteiger partial charge in [-0.15, -0.1) is 0 Å². The predicted molar refractivity (Wildman–Crippen MR) is 81.9 cm³/mol. The number of aliphatic hydroxyl groups is 1. The molecule has 1 aromatic rings. The molecule has 1 atom stereocenters. The molecular formula is C16H24N2O3. The van der Waals surface area contributed by atoms with E-state index in [0.29, 0.717) is 17.9 Å². The third kappa shape index (κ3) is 6.90. The Hall–Kier alpha value is -1.88. The molecule has 116 valence electrons. The van der Waals surface area contributed by atoms with Crippen LogP contribution in [0.1, 0.15) is 37.6 Å². The van der Waals surface area contributed by atoms with Crippen LogP contribution in [-0.2, 0) is 4.79 Å². The van der Waals surface area contributed by atoms with Crippen LogP contribution in [0.4, 0.5) is 0 Å². The lowest BCUT2D eigenvalue weighted by Gasteiger charge is -2.25. The molecule has 21 heavy (non-hydrogen) atoms. The van der Waals surface area contributed by atoms with Gasteiger partial charge in [0.1, 0.15) is 0 Å². The molecule has 0 fully saturated rings. The molecule has 0 spiro atoms. The molecule has 0 saturated carbocycles. The minimum Gasteiger partial charge on any atom is -0.388 e. The first-order valence-electron chi connectivity index (χ1n) is 7.12. The Morgan fingerprint density at radius 3 is 2.38 bits per heavy atom. The summed E-state index contributed by atoms with van der Waals surface area (Å²) >= 11 is 0. The van der Waals surface area contributed by atoms with E-state index in [2.05, 4.69) is 10.6 Å². The highest BCUT2D eigenvalue weighted by Crippen LogP contribution is 2.14. The molecule has 0 aromatic heterocycles. The second-order valence-electron chi connectivity index (χ2n) is 5.92. The molecule has 0 aliphatic heterocycles. The number of carbonyl (C=O) groups is 2. The second-order valence-corrected chi connectivity index (χ2v) is 5.92. The second kappa shape index (κ2) is 7.78. The Balaban J connectivity index is 2.33. The Morgan fingerprint density at radius 2 is 1.81 bits per heavy atom. The van der Waals surface area contributed by atoms with Gasteiger partial charge in [-0.1, -0.05) is 32.0 Å². The Bertz CT molecular complexity index is 470. The van der Waals surface area contributed by atoms with E-state index in [4.69, 9.17) is 0 Å². The van der Waals surface area contributed by atoms with Crippen molar-refractivity contribution in [3.63, 3.8) is 0 Å². The van der Waals surface area contributed by atoms with Crippen LogP contribution in [0.25, 0.3) is 0 Å². The molecule has 0 heterocycles. The molecule has 5 heteroatoms. The van der Waals surface area contributed by atoms with Crippen molar-refractivity contribution in [2.45, 2.75) is 32.8 Å². The van der Waals surface area contributed by atoms with E-state index in [9.17, 15) is 14.7 Å². The minimum absolute atomic E-state index is 0.106. The standard InChI is InChI=1S/C16H24N2O3/c1-12(2)9-16(3,21)11-18-14(19)10-17-15(20)13-7-5-4-6-8-13/h4-8,12,21H,9-11H2,1-3H3,(H,17,20)(H,18,19). The topological polar surface area (TPSA) is 78.4 Å². The van der Waals surface area contributed by atoms with Crippen molar-refractivity contribution >= 4 is 11.8 Å². The molecule has 0 bridgehead atoms. The maximum Gasteiger partial charge on any atom is 0.251 e. The van der Waals surface area contributed by atoms with Gasteiger partial charge in [-0.25, -0.2) is 0 Å². The van der Waals surface area contributed by atoms with Gasteiger partial charge in [0.15, 0.2) is 0 Å². The van der Waals surface area contributed by atoms with E-state index in [-0.39, 0.29) is 24.9 Å². The fourth-order valence-electron chi connectivity index (χ4n) is 2.16. The monoisotopic (exact) mass is 292 g/mol. The van der Waals surface area contributed by atoms with Crippen molar-refractivity contribution < 1.29 is 14.7 Å². The summed E-state index contributed by atoms with van der Waals surface area (Å²) in [6, 6.07) is 8.71. The van der Waals surface area contributed by atoms with Crippen molar-refractivity contribution in [2.75, 3.05) is 13.1 Å². The summed E-state index contributed by atoms with van der Waals surface area (Å²) < 4.78 is 0. The van der Waals surface area contributed by atoms with E-state index in [0.717, 1.165) is 0 Å². The van der Waals surface area contributed by atoms with E-state index in [1.807, 2.05) is 19.9 Å². The van der Waals surface area contributed by atoms with Gasteiger partial charge in [-0.05, 0) is 31.4 Å². The predicted octanol–water partition coefficient (Wildman–Crippen LogP) is 1.33. The molecule has 0 aliphatic rings. The summed E-state index contributed by atoms with van der Waals surface area (Å²) in [5, 5.41) is 15.3. The lowest BCUT2D eigenvalue weighted by atomic mass is 9.94. The fourth-order valence-corrected chi connectivity index (χ4v) is 2.16. The summed E-state index contributed by atoms with van der Waals surface area (Å²) in [6.45, 7) is 5.78. The molecule has 1 rings (SSSR count). The number of rotatable bonds is 7. The molecular weight excluding hydrogens is 268 g/mol. The molecule has 1 aromatic carbocycles. The van der Waals surface area contributed by atoms with Gasteiger partial charge in [0, 0.05) is 12.1 Å². The van der Waals surface area contributed by atoms with Gasteiger partial charge in [0.2, 0.25) is 5.91 Å². The molecule has 0 radical (unpaired) electrons. The zero-order valence-corrected chi connectivity index (χ0v) is 12.8. The van der Waals surface area contributed by atoms with Gasteiger partial charge in [0.05, 0.1) is 12.1 Å². The molecule has 5 nitrogen and oxygen atoms in total. The highest BCUT2D eigenvalue weighted by atomic mass is 16.3. The van der Waals surface area contributed by atoms with Crippen LogP contribution in [0.2, 0.25) is 0 Å². The van der Waals surface area contributed by atoms with Crippen molar-refractivity contribution in [1.29, 1.82) is 0 Å². The first-order chi connectivity index (χ1) is 9.80. The lowest BCUT2D eigenvalue weighted by Crippen LogP contribution is -2.45. The van der Waals surface area contributed by atoms with Gasteiger partial charge in [-0.3, -0.25) is 9.59 Å². The minimum atomic E-state index is -0.937. The van der Waals surface area contributed by atoms with Gasteiger partial charge in [0.25, 0.3) is 5.91 Å². The average Bonchev–Trinajstić information content (AvgIpc) is 2.42. The number of carbonyl (C=O) groups excluding carboxylic acids is 2. The lowest BCUT2D eigenvalue weighted by molar-refractivity contribution is -0.121. The van der Waals surface area contributed by atoms with Crippen LogP contribution in [0, 0.1) is 5.92 Å². The Morgan fingerprint density at radius 1 is 1.19 bits per heavy atom. The summed E-state index contributed by atoms with van der Waals surface area (Å²) in [7, 11) is 0. The zero-order chi connectivity index (χ0) is 15.9. The highest BCUT2D eigenvalue weighted by Gasteiger charge is 2.22. The van der Waals surface area contributed by atoms with Crippen LogP contribution in [0.3, 0.4) is 0 Å². The summed E-state index contributed by atoms with van der Waals surface area (Å²) in [5.41, 5.74) is -0.426. The first-order valence-corrected chi connectivity index (χ1v) is 7.12. The van der Waals surface area contributed by atoms with Crippen LogP contribution >= 0.6 is 0 Å². The van der Waals surface area contributed by atoms with Crippen molar-refractivity contribution in [3.05, 3.63) is 35.9 Å². The quantitative estimate of drug-likeness (QED) is 0.709. The molecule has 0 aliphatic carbocycles. The van der Waals surface area contributed by atoms with Crippen molar-refractivity contribution in [3.8, 4) is 0 Å². The summed E-state index contributed by atoms with van der Waals surface area (Å²) in [5.74, 6) is -0.266. The molecule has 2 amide bonds. The maximum absolute atomic E-state index is 11.8. The van der Waals surface area contributed by atoms with E-state index >= 15 is 0 Å². The van der Waals surface area contributed by atoms with Crippen molar-refractivity contribution in [1.82, 2.24) is 10.6 Å². The normalized spacial score (nSPS) is 13.6.